The minimum absolute atomic E-state index is 0.1000. The van der Waals surface area contributed by atoms with Crippen LogP contribution in [0.4, 0.5) is 18.9 Å². The van der Waals surface area contributed by atoms with E-state index < -0.39 is 11.7 Å². The minimum Gasteiger partial charge on any atom is -0.277 e. The maximum absolute atomic E-state index is 12.8. The lowest BCUT2D eigenvalue weighted by Crippen LogP contribution is -2.05. The Morgan fingerprint density at radius 3 is 2.50 bits per heavy atom. The van der Waals surface area contributed by atoms with Crippen molar-refractivity contribution in [2.75, 3.05) is 5.43 Å². The molecule has 0 heterocycles. The number of nitrogens with zero attached hydrogens (tertiary/aromatic N) is 1. The van der Waals surface area contributed by atoms with E-state index in [1.54, 1.807) is 6.21 Å². The van der Waals surface area contributed by atoms with Crippen LogP contribution in [0.5, 0.6) is 0 Å². The van der Waals surface area contributed by atoms with Gasteiger partial charge in [0.25, 0.3) is 0 Å². The quantitative estimate of drug-likeness (QED) is 0.458. The van der Waals surface area contributed by atoms with Crippen LogP contribution in [0.3, 0.4) is 0 Å². The number of hydrogen-bond donors (Lipinski definition) is 1. The Morgan fingerprint density at radius 2 is 1.71 bits per heavy atom. The van der Waals surface area contributed by atoms with Crippen molar-refractivity contribution in [1.82, 2.24) is 0 Å². The lowest BCUT2D eigenvalue weighted by atomic mass is 10.1. The van der Waals surface area contributed by atoms with E-state index in [0.29, 0.717) is 0 Å². The van der Waals surface area contributed by atoms with Gasteiger partial charge in [0.1, 0.15) is 0 Å². The number of benzene rings is 3. The van der Waals surface area contributed by atoms with Crippen LogP contribution >= 0.6 is 11.6 Å². The SMILES string of the molecule is FC(F)(F)c1ccc(Cl)c(N/N=C\c2cccc3ccccc23)c1. The highest BCUT2D eigenvalue weighted by Crippen LogP contribution is 2.33. The van der Waals surface area contributed by atoms with Crippen molar-refractivity contribution in [3.63, 3.8) is 0 Å². The molecule has 0 aliphatic rings. The van der Waals surface area contributed by atoms with E-state index in [4.69, 9.17) is 11.6 Å². The first-order chi connectivity index (χ1) is 11.4. The van der Waals surface area contributed by atoms with Gasteiger partial charge in [0.05, 0.1) is 22.5 Å². The molecule has 0 aliphatic carbocycles. The van der Waals surface area contributed by atoms with Gasteiger partial charge >= 0.3 is 6.18 Å². The van der Waals surface area contributed by atoms with Gasteiger partial charge in [-0.1, -0.05) is 54.1 Å². The standard InChI is InChI=1S/C18H12ClF3N2/c19-16-9-8-14(18(20,21)22)10-17(16)24-23-11-13-6-3-5-12-4-1-2-7-15(12)13/h1-11,24H/b23-11-. The molecule has 2 nitrogen and oxygen atoms in total. The van der Waals surface area contributed by atoms with Crippen LogP contribution < -0.4 is 5.43 Å². The topological polar surface area (TPSA) is 24.4 Å². The third kappa shape index (κ3) is 3.51. The number of anilines is 1. The molecule has 3 aromatic rings. The van der Waals surface area contributed by atoms with E-state index in [1.807, 2.05) is 42.5 Å². The van der Waals surface area contributed by atoms with Gasteiger partial charge < -0.3 is 0 Å². The van der Waals surface area contributed by atoms with Crippen molar-refractivity contribution in [3.8, 4) is 0 Å². The average Bonchev–Trinajstić information content (AvgIpc) is 2.55. The molecular formula is C18H12ClF3N2. The fourth-order valence-corrected chi connectivity index (χ4v) is 2.48. The summed E-state index contributed by atoms with van der Waals surface area (Å²) in [7, 11) is 0. The molecule has 0 unspecified atom stereocenters. The molecular weight excluding hydrogens is 337 g/mol. The second kappa shape index (κ2) is 6.53. The fourth-order valence-electron chi connectivity index (χ4n) is 2.32. The summed E-state index contributed by atoms with van der Waals surface area (Å²) in [6, 6.07) is 16.6. The second-order valence-electron chi connectivity index (χ2n) is 5.13. The highest BCUT2D eigenvalue weighted by molar-refractivity contribution is 6.33. The largest absolute Gasteiger partial charge is 0.416 e. The lowest BCUT2D eigenvalue weighted by molar-refractivity contribution is -0.137. The number of alkyl halides is 3. The predicted molar refractivity (Wildman–Crippen MR) is 91.6 cm³/mol. The molecule has 3 rings (SSSR count). The van der Waals surface area contributed by atoms with Gasteiger partial charge in [-0.2, -0.15) is 18.3 Å². The molecule has 6 heteroatoms. The molecule has 0 bridgehead atoms. The summed E-state index contributed by atoms with van der Waals surface area (Å²) in [5.74, 6) is 0. The first-order valence-electron chi connectivity index (χ1n) is 7.09. The molecule has 0 amide bonds. The molecule has 0 fully saturated rings. The van der Waals surface area contributed by atoms with Crippen molar-refractivity contribution in [2.45, 2.75) is 6.18 Å². The van der Waals surface area contributed by atoms with Gasteiger partial charge in [0, 0.05) is 5.56 Å². The Balaban J connectivity index is 1.86. The molecule has 0 aliphatic heterocycles. The Kier molecular flexibility index (Phi) is 4.44. The molecule has 122 valence electrons. The molecule has 0 saturated heterocycles. The molecule has 0 saturated carbocycles. The summed E-state index contributed by atoms with van der Waals surface area (Å²) in [5.41, 5.74) is 2.74. The third-order valence-electron chi connectivity index (χ3n) is 3.51. The molecule has 0 atom stereocenters. The van der Waals surface area contributed by atoms with E-state index in [2.05, 4.69) is 10.5 Å². The number of fused-ring (bicyclic) bond motifs is 1. The first kappa shape index (κ1) is 16.3. The van der Waals surface area contributed by atoms with E-state index in [-0.39, 0.29) is 10.7 Å². The van der Waals surface area contributed by atoms with Gasteiger partial charge in [-0.3, -0.25) is 5.43 Å². The van der Waals surface area contributed by atoms with Crippen molar-refractivity contribution in [2.24, 2.45) is 5.10 Å². The maximum atomic E-state index is 12.8. The molecule has 0 radical (unpaired) electrons. The third-order valence-corrected chi connectivity index (χ3v) is 3.84. The van der Waals surface area contributed by atoms with Crippen molar-refractivity contribution in [1.29, 1.82) is 0 Å². The molecule has 1 N–H and O–H groups in total. The molecule has 0 spiro atoms. The molecule has 3 aromatic carbocycles. The first-order valence-corrected chi connectivity index (χ1v) is 7.46. The van der Waals surface area contributed by atoms with Crippen LogP contribution in [0.15, 0.2) is 65.8 Å². The van der Waals surface area contributed by atoms with Crippen LogP contribution in [0.25, 0.3) is 10.8 Å². The lowest BCUT2D eigenvalue weighted by Gasteiger charge is -2.10. The van der Waals surface area contributed by atoms with E-state index in [9.17, 15) is 13.2 Å². The van der Waals surface area contributed by atoms with Gasteiger partial charge in [-0.15, -0.1) is 0 Å². The van der Waals surface area contributed by atoms with Crippen LogP contribution in [0, 0.1) is 0 Å². The van der Waals surface area contributed by atoms with Crippen LogP contribution in [-0.2, 0) is 6.18 Å². The number of hydrogen-bond acceptors (Lipinski definition) is 2. The van der Waals surface area contributed by atoms with E-state index in [1.165, 1.54) is 6.07 Å². The fraction of sp³-hybridized carbons (Fsp3) is 0.0556. The Labute approximate surface area is 141 Å². The van der Waals surface area contributed by atoms with Crippen molar-refractivity contribution >= 4 is 34.3 Å². The summed E-state index contributed by atoms with van der Waals surface area (Å²) < 4.78 is 38.3. The summed E-state index contributed by atoms with van der Waals surface area (Å²) in [6.45, 7) is 0. The summed E-state index contributed by atoms with van der Waals surface area (Å²) in [6.07, 6.45) is -2.88. The zero-order chi connectivity index (χ0) is 17.2. The smallest absolute Gasteiger partial charge is 0.277 e. The maximum Gasteiger partial charge on any atom is 0.416 e. The summed E-state index contributed by atoms with van der Waals surface area (Å²) >= 11 is 5.92. The van der Waals surface area contributed by atoms with Crippen molar-refractivity contribution < 1.29 is 13.2 Å². The van der Waals surface area contributed by atoms with E-state index in [0.717, 1.165) is 28.5 Å². The number of nitrogens with one attached hydrogen (secondary N) is 1. The van der Waals surface area contributed by atoms with Crippen molar-refractivity contribution in [3.05, 3.63) is 76.8 Å². The predicted octanol–water partition coefficient (Wildman–Crippen LogP) is 5.96. The van der Waals surface area contributed by atoms with Crippen LogP contribution in [-0.4, -0.2) is 6.21 Å². The highest BCUT2D eigenvalue weighted by Gasteiger charge is 2.30. The Hall–Kier alpha value is -2.53. The zero-order valence-corrected chi connectivity index (χ0v) is 13.1. The second-order valence-corrected chi connectivity index (χ2v) is 5.54. The normalized spacial score (nSPS) is 12.0. The van der Waals surface area contributed by atoms with E-state index >= 15 is 0 Å². The monoisotopic (exact) mass is 348 g/mol. The van der Waals surface area contributed by atoms with Crippen LogP contribution in [0.2, 0.25) is 5.02 Å². The Morgan fingerprint density at radius 1 is 0.958 bits per heavy atom. The molecule has 0 aromatic heterocycles. The number of hydrazone groups is 1. The van der Waals surface area contributed by atoms with Gasteiger partial charge in [0.2, 0.25) is 0 Å². The summed E-state index contributed by atoms with van der Waals surface area (Å²) in [4.78, 5) is 0. The van der Waals surface area contributed by atoms with Gasteiger partial charge in [-0.05, 0) is 29.0 Å². The minimum atomic E-state index is -4.43. The highest BCUT2D eigenvalue weighted by atomic mass is 35.5. The average molecular weight is 349 g/mol. The number of rotatable bonds is 3. The number of halogens is 4. The summed E-state index contributed by atoms with van der Waals surface area (Å²) in [5, 5.41) is 6.24. The molecule has 24 heavy (non-hydrogen) atoms. The van der Waals surface area contributed by atoms with Crippen LogP contribution in [0.1, 0.15) is 11.1 Å². The zero-order valence-electron chi connectivity index (χ0n) is 12.3. The Bertz CT molecular complexity index is 899. The van der Waals surface area contributed by atoms with Gasteiger partial charge in [-0.25, -0.2) is 0 Å². The van der Waals surface area contributed by atoms with Gasteiger partial charge in [0.15, 0.2) is 0 Å².